The summed E-state index contributed by atoms with van der Waals surface area (Å²) in [5, 5.41) is 4.64. The average molecular weight is 734 g/mol. The van der Waals surface area contributed by atoms with Crippen molar-refractivity contribution in [1.82, 2.24) is 15.0 Å². The number of para-hydroxylation sites is 1. The molecule has 0 saturated heterocycles. The van der Waals surface area contributed by atoms with Crippen molar-refractivity contribution < 1.29 is 4.42 Å². The van der Waals surface area contributed by atoms with Crippen LogP contribution in [0.15, 0.2) is 192 Å². The molecule has 0 aliphatic heterocycles. The van der Waals surface area contributed by atoms with E-state index in [0.717, 1.165) is 49.8 Å². The van der Waals surface area contributed by atoms with Gasteiger partial charge in [0.1, 0.15) is 11.2 Å². The fourth-order valence-corrected chi connectivity index (χ4v) is 9.08. The molecule has 11 aromatic rings. The molecule has 0 N–H and O–H groups in total. The van der Waals surface area contributed by atoms with E-state index >= 15 is 0 Å². The molecular formula is C51H31N3OS. The first kappa shape index (κ1) is 32.2. The van der Waals surface area contributed by atoms with Gasteiger partial charge in [0.2, 0.25) is 0 Å². The normalized spacial score (nSPS) is 11.6. The predicted octanol–water partition coefficient (Wildman–Crippen LogP) is 14.1. The van der Waals surface area contributed by atoms with E-state index in [4.69, 9.17) is 19.4 Å². The largest absolute Gasteiger partial charge is 0.455 e. The summed E-state index contributed by atoms with van der Waals surface area (Å²) in [5.41, 5.74) is 11.3. The molecule has 0 radical (unpaired) electrons. The van der Waals surface area contributed by atoms with E-state index in [1.807, 2.05) is 78.1 Å². The molecule has 0 fully saturated rings. The Hall–Kier alpha value is -7.21. The monoisotopic (exact) mass is 733 g/mol. The molecule has 56 heavy (non-hydrogen) atoms. The first-order valence-corrected chi connectivity index (χ1v) is 19.5. The molecule has 0 spiro atoms. The highest BCUT2D eigenvalue weighted by atomic mass is 32.1. The highest BCUT2D eigenvalue weighted by molar-refractivity contribution is 7.26. The summed E-state index contributed by atoms with van der Waals surface area (Å²) in [6, 6.07) is 65.7. The van der Waals surface area contributed by atoms with Crippen molar-refractivity contribution in [2.45, 2.75) is 0 Å². The van der Waals surface area contributed by atoms with Gasteiger partial charge in [0.05, 0.1) is 5.56 Å². The summed E-state index contributed by atoms with van der Waals surface area (Å²) in [7, 11) is 0. The number of nitrogens with zero attached hydrogens (tertiary/aromatic N) is 3. The first-order chi connectivity index (χ1) is 27.7. The maximum absolute atomic E-state index is 6.80. The Morgan fingerprint density at radius 2 is 0.893 bits per heavy atom. The zero-order valence-electron chi connectivity index (χ0n) is 30.1. The molecular weight excluding hydrogens is 703 g/mol. The summed E-state index contributed by atoms with van der Waals surface area (Å²) in [6.45, 7) is 0. The van der Waals surface area contributed by atoms with E-state index in [1.54, 1.807) is 0 Å². The Balaban J connectivity index is 1.11. The van der Waals surface area contributed by atoms with E-state index < -0.39 is 0 Å². The van der Waals surface area contributed by atoms with E-state index in [2.05, 4.69) is 121 Å². The van der Waals surface area contributed by atoms with Gasteiger partial charge < -0.3 is 4.42 Å². The number of aromatic nitrogens is 3. The minimum absolute atomic E-state index is 0.567. The second kappa shape index (κ2) is 13.3. The maximum atomic E-state index is 6.80. The molecule has 3 heterocycles. The zero-order chi connectivity index (χ0) is 37.0. The van der Waals surface area contributed by atoms with Crippen LogP contribution in [0.1, 0.15) is 0 Å². The molecule has 262 valence electrons. The fourth-order valence-electron chi connectivity index (χ4n) is 7.90. The topological polar surface area (TPSA) is 51.8 Å². The summed E-state index contributed by atoms with van der Waals surface area (Å²) in [6.07, 6.45) is 0. The van der Waals surface area contributed by atoms with Crippen LogP contribution in [0.5, 0.6) is 0 Å². The highest BCUT2D eigenvalue weighted by Gasteiger charge is 2.21. The summed E-state index contributed by atoms with van der Waals surface area (Å²) in [4.78, 5) is 15.0. The number of hydrogen-bond acceptors (Lipinski definition) is 5. The van der Waals surface area contributed by atoms with Gasteiger partial charge in [-0.25, -0.2) is 15.0 Å². The molecule has 0 bridgehead atoms. The molecule has 11 rings (SSSR count). The van der Waals surface area contributed by atoms with E-state index in [-0.39, 0.29) is 0 Å². The minimum Gasteiger partial charge on any atom is -0.455 e. The molecule has 8 aromatic carbocycles. The predicted molar refractivity (Wildman–Crippen MR) is 233 cm³/mol. The molecule has 3 aromatic heterocycles. The third-order valence-electron chi connectivity index (χ3n) is 10.6. The Morgan fingerprint density at radius 3 is 1.61 bits per heavy atom. The van der Waals surface area contributed by atoms with Crippen molar-refractivity contribution in [1.29, 1.82) is 0 Å². The van der Waals surface area contributed by atoms with Gasteiger partial charge in [0.25, 0.3) is 0 Å². The summed E-state index contributed by atoms with van der Waals surface area (Å²) >= 11 is 1.84. The quantitative estimate of drug-likeness (QED) is 0.171. The summed E-state index contributed by atoms with van der Waals surface area (Å²) < 4.78 is 9.33. The molecule has 0 atom stereocenters. The Morgan fingerprint density at radius 1 is 0.339 bits per heavy atom. The maximum Gasteiger partial charge on any atom is 0.167 e. The Kier molecular flexibility index (Phi) is 7.64. The van der Waals surface area contributed by atoms with E-state index in [0.29, 0.717) is 17.5 Å². The molecule has 5 heteroatoms. The van der Waals surface area contributed by atoms with E-state index in [1.165, 1.54) is 42.4 Å². The van der Waals surface area contributed by atoms with Crippen LogP contribution in [-0.4, -0.2) is 15.0 Å². The van der Waals surface area contributed by atoms with Crippen LogP contribution < -0.4 is 0 Å². The van der Waals surface area contributed by atoms with Gasteiger partial charge in [-0.05, 0) is 63.7 Å². The van der Waals surface area contributed by atoms with Gasteiger partial charge in [-0.15, -0.1) is 11.3 Å². The lowest BCUT2D eigenvalue weighted by atomic mass is 9.92. The van der Waals surface area contributed by atoms with Crippen LogP contribution in [0, 0.1) is 0 Å². The molecule has 0 aliphatic carbocycles. The van der Waals surface area contributed by atoms with Gasteiger partial charge in [0.15, 0.2) is 17.5 Å². The number of fused-ring (bicyclic) bond motifs is 6. The highest BCUT2D eigenvalue weighted by Crippen LogP contribution is 2.46. The number of furan rings is 1. The number of thiophene rings is 1. The van der Waals surface area contributed by atoms with Gasteiger partial charge in [-0.2, -0.15) is 0 Å². The average Bonchev–Trinajstić information content (AvgIpc) is 3.86. The van der Waals surface area contributed by atoms with Gasteiger partial charge >= 0.3 is 0 Å². The van der Waals surface area contributed by atoms with Crippen molar-refractivity contribution in [2.75, 3.05) is 0 Å². The number of benzene rings is 8. The third-order valence-corrected chi connectivity index (χ3v) is 11.7. The van der Waals surface area contributed by atoms with Crippen LogP contribution >= 0.6 is 11.3 Å². The van der Waals surface area contributed by atoms with Crippen LogP contribution in [0.25, 0.3) is 110 Å². The number of rotatable bonds is 6. The van der Waals surface area contributed by atoms with Crippen molar-refractivity contribution in [2.24, 2.45) is 0 Å². The molecule has 0 aliphatic rings. The lowest BCUT2D eigenvalue weighted by Crippen LogP contribution is -2.00. The minimum atomic E-state index is 0.567. The van der Waals surface area contributed by atoms with Crippen LogP contribution in [-0.2, 0) is 0 Å². The van der Waals surface area contributed by atoms with Crippen molar-refractivity contribution in [3.8, 4) is 67.5 Å². The van der Waals surface area contributed by atoms with Gasteiger partial charge in [0, 0.05) is 42.1 Å². The second-order valence-corrected chi connectivity index (χ2v) is 15.0. The Bertz CT molecular complexity index is 3170. The molecule has 0 amide bonds. The van der Waals surface area contributed by atoms with Crippen LogP contribution in [0.4, 0.5) is 0 Å². The first-order valence-electron chi connectivity index (χ1n) is 18.7. The van der Waals surface area contributed by atoms with E-state index in [9.17, 15) is 0 Å². The SMILES string of the molecule is c1ccc(-c2ccc(-c3cc(-c4cccc5oc6c(-c7nc(-c8ccccc8)nc(-c8ccccc8)n7)cccc6c45)cc4sc5ccccc5c34)cc2)cc1. The second-order valence-electron chi connectivity index (χ2n) is 13.9. The van der Waals surface area contributed by atoms with Gasteiger partial charge in [-0.1, -0.05) is 158 Å². The zero-order valence-corrected chi connectivity index (χ0v) is 30.9. The lowest BCUT2D eigenvalue weighted by Gasteiger charge is -2.11. The van der Waals surface area contributed by atoms with Crippen LogP contribution in [0.2, 0.25) is 0 Å². The van der Waals surface area contributed by atoms with Crippen molar-refractivity contribution in [3.05, 3.63) is 188 Å². The smallest absolute Gasteiger partial charge is 0.167 e. The lowest BCUT2D eigenvalue weighted by molar-refractivity contribution is 0.669. The molecule has 0 unspecified atom stereocenters. The third kappa shape index (κ3) is 5.48. The number of hydrogen-bond donors (Lipinski definition) is 0. The summed E-state index contributed by atoms with van der Waals surface area (Å²) in [5.74, 6) is 1.80. The molecule has 4 nitrogen and oxygen atoms in total. The van der Waals surface area contributed by atoms with Crippen molar-refractivity contribution >= 4 is 53.4 Å². The fraction of sp³-hybridized carbons (Fsp3) is 0. The Labute approximate surface area is 327 Å². The van der Waals surface area contributed by atoms with Crippen molar-refractivity contribution in [3.63, 3.8) is 0 Å². The van der Waals surface area contributed by atoms with Crippen LogP contribution in [0.3, 0.4) is 0 Å². The van der Waals surface area contributed by atoms with Gasteiger partial charge in [-0.3, -0.25) is 0 Å². The molecule has 0 saturated carbocycles. The standard InChI is InChI=1S/C51H31N3OS/c1-4-14-32(15-5-1)33-26-28-34(29-27-33)42-30-37(31-45-47(42)39-20-10-11-25-44(39)56-45)38-21-13-24-43-46(38)40-22-12-23-41(48(40)55-43)51-53-49(35-16-6-2-7-17-35)52-50(54-51)36-18-8-3-9-19-36/h1-31H.